The van der Waals surface area contributed by atoms with E-state index in [9.17, 15) is 0 Å². The average molecular weight is 159 g/mol. The maximum atomic E-state index is 5.64. The van der Waals surface area contributed by atoms with Crippen LogP contribution in [-0.4, -0.2) is 15.4 Å². The van der Waals surface area contributed by atoms with Gasteiger partial charge < -0.3 is 4.57 Å². The number of aromatic nitrogens is 2. The summed E-state index contributed by atoms with van der Waals surface area (Å²) in [6.45, 7) is 3.08. The highest BCUT2D eigenvalue weighted by atomic mass is 35.5. The minimum absolute atomic E-state index is 0.524. The van der Waals surface area contributed by atoms with E-state index in [1.807, 2.05) is 17.1 Å². The molecule has 0 bridgehead atoms. The Labute approximate surface area is 65.8 Å². The van der Waals surface area contributed by atoms with Gasteiger partial charge in [-0.1, -0.05) is 6.92 Å². The van der Waals surface area contributed by atoms with E-state index in [0.29, 0.717) is 11.8 Å². The molecule has 0 saturated heterocycles. The number of imidazole rings is 1. The molecule has 0 aliphatic rings. The Morgan fingerprint density at radius 1 is 1.70 bits per heavy atom. The van der Waals surface area contributed by atoms with Gasteiger partial charge in [-0.25, -0.2) is 4.98 Å². The van der Waals surface area contributed by atoms with Crippen molar-refractivity contribution in [3.8, 4) is 0 Å². The molecule has 0 unspecified atom stereocenters. The van der Waals surface area contributed by atoms with Gasteiger partial charge in [0.25, 0.3) is 0 Å². The molecular formula is C7H11ClN2. The van der Waals surface area contributed by atoms with Gasteiger partial charge in [-0.3, -0.25) is 0 Å². The maximum absolute atomic E-state index is 5.64. The summed E-state index contributed by atoms with van der Waals surface area (Å²) in [4.78, 5) is 3.93. The number of rotatable bonds is 3. The highest BCUT2D eigenvalue weighted by Crippen LogP contribution is 2.01. The van der Waals surface area contributed by atoms with Crippen LogP contribution in [0.2, 0.25) is 0 Å². The third-order valence-corrected chi connectivity index (χ3v) is 1.87. The number of halogens is 1. The lowest BCUT2D eigenvalue weighted by atomic mass is 10.2. The predicted molar refractivity (Wildman–Crippen MR) is 42.1 cm³/mol. The van der Waals surface area contributed by atoms with E-state index in [1.54, 1.807) is 6.20 Å². The lowest BCUT2D eigenvalue weighted by Crippen LogP contribution is -2.06. The van der Waals surface area contributed by atoms with Gasteiger partial charge in [-0.2, -0.15) is 0 Å². The molecule has 0 radical (unpaired) electrons. The van der Waals surface area contributed by atoms with Crippen molar-refractivity contribution in [1.82, 2.24) is 9.55 Å². The Hall–Kier alpha value is -0.500. The summed E-state index contributed by atoms with van der Waals surface area (Å²) in [6, 6.07) is 0. The summed E-state index contributed by atoms with van der Waals surface area (Å²) in [6.07, 6.45) is 5.53. The van der Waals surface area contributed by atoms with Gasteiger partial charge in [0.05, 0.1) is 6.33 Å². The van der Waals surface area contributed by atoms with Crippen molar-refractivity contribution in [3.63, 3.8) is 0 Å². The molecule has 1 rings (SSSR count). The molecule has 1 aromatic heterocycles. The van der Waals surface area contributed by atoms with Crippen molar-refractivity contribution in [2.24, 2.45) is 5.92 Å². The molecule has 1 aromatic rings. The molecule has 3 heteroatoms. The maximum Gasteiger partial charge on any atom is 0.0946 e. The van der Waals surface area contributed by atoms with E-state index < -0.39 is 0 Å². The standard InChI is InChI=1S/C7H11ClN2/c1-7(4-8)5-10-3-2-9-6-10/h2-3,6-7H,4-5H2,1H3/t7-/m1/s1. The zero-order chi connectivity index (χ0) is 7.40. The summed E-state index contributed by atoms with van der Waals surface area (Å²) in [5, 5.41) is 0. The Balaban J connectivity index is 2.40. The largest absolute Gasteiger partial charge is 0.337 e. The first-order valence-corrected chi connectivity index (χ1v) is 3.88. The smallest absolute Gasteiger partial charge is 0.0946 e. The van der Waals surface area contributed by atoms with Crippen LogP contribution >= 0.6 is 11.6 Å². The zero-order valence-corrected chi connectivity index (χ0v) is 6.75. The van der Waals surface area contributed by atoms with Crippen molar-refractivity contribution in [3.05, 3.63) is 18.7 Å². The Kier molecular flexibility index (Phi) is 2.75. The second-order valence-electron chi connectivity index (χ2n) is 2.52. The fraction of sp³-hybridized carbons (Fsp3) is 0.571. The monoisotopic (exact) mass is 158 g/mol. The fourth-order valence-electron chi connectivity index (χ4n) is 0.803. The molecule has 0 saturated carbocycles. The Bertz CT molecular complexity index is 172. The van der Waals surface area contributed by atoms with Gasteiger partial charge in [0.15, 0.2) is 0 Å². The summed E-state index contributed by atoms with van der Waals surface area (Å²) in [5.74, 6) is 1.23. The van der Waals surface area contributed by atoms with Gasteiger partial charge in [0.2, 0.25) is 0 Å². The SMILES string of the molecule is C[C@H](CCl)Cn1ccnc1. The van der Waals surface area contributed by atoms with E-state index in [1.165, 1.54) is 0 Å². The molecular weight excluding hydrogens is 148 g/mol. The molecule has 2 nitrogen and oxygen atoms in total. The van der Waals surface area contributed by atoms with Crippen LogP contribution in [0, 0.1) is 5.92 Å². The van der Waals surface area contributed by atoms with Crippen LogP contribution in [0.15, 0.2) is 18.7 Å². The molecule has 0 amide bonds. The summed E-state index contributed by atoms with van der Waals surface area (Å²) in [7, 11) is 0. The van der Waals surface area contributed by atoms with Crippen molar-refractivity contribution in [2.75, 3.05) is 5.88 Å². The van der Waals surface area contributed by atoms with Crippen LogP contribution in [0.3, 0.4) is 0 Å². The van der Waals surface area contributed by atoms with E-state index in [0.717, 1.165) is 6.54 Å². The Morgan fingerprint density at radius 2 is 2.50 bits per heavy atom. The number of hydrogen-bond donors (Lipinski definition) is 0. The van der Waals surface area contributed by atoms with Crippen LogP contribution in [0.1, 0.15) is 6.92 Å². The first kappa shape index (κ1) is 7.61. The predicted octanol–water partition coefficient (Wildman–Crippen LogP) is 1.76. The van der Waals surface area contributed by atoms with E-state index in [2.05, 4.69) is 11.9 Å². The molecule has 1 atom stereocenters. The molecule has 0 N–H and O–H groups in total. The van der Waals surface area contributed by atoms with Crippen molar-refractivity contribution >= 4 is 11.6 Å². The molecule has 1 heterocycles. The van der Waals surface area contributed by atoms with Crippen LogP contribution < -0.4 is 0 Å². The summed E-state index contributed by atoms with van der Waals surface area (Å²) < 4.78 is 2.03. The zero-order valence-electron chi connectivity index (χ0n) is 6.00. The fourth-order valence-corrected chi connectivity index (χ4v) is 0.901. The van der Waals surface area contributed by atoms with Gasteiger partial charge in [0, 0.05) is 24.8 Å². The quantitative estimate of drug-likeness (QED) is 0.613. The van der Waals surface area contributed by atoms with E-state index in [-0.39, 0.29) is 0 Å². The van der Waals surface area contributed by atoms with Crippen molar-refractivity contribution < 1.29 is 0 Å². The van der Waals surface area contributed by atoms with Crippen LogP contribution in [0.5, 0.6) is 0 Å². The second kappa shape index (κ2) is 3.62. The molecule has 10 heavy (non-hydrogen) atoms. The first-order valence-electron chi connectivity index (χ1n) is 3.34. The van der Waals surface area contributed by atoms with E-state index >= 15 is 0 Å². The molecule has 56 valence electrons. The molecule has 0 aromatic carbocycles. The third kappa shape index (κ3) is 2.03. The summed E-state index contributed by atoms with van der Waals surface area (Å²) in [5.41, 5.74) is 0. The average Bonchev–Trinajstić information content (AvgIpc) is 2.40. The number of alkyl halides is 1. The van der Waals surface area contributed by atoms with Crippen LogP contribution in [-0.2, 0) is 6.54 Å². The lowest BCUT2D eigenvalue weighted by molar-refractivity contribution is 0.528. The second-order valence-corrected chi connectivity index (χ2v) is 2.83. The number of nitrogens with zero attached hydrogens (tertiary/aromatic N) is 2. The topological polar surface area (TPSA) is 17.8 Å². The lowest BCUT2D eigenvalue weighted by Gasteiger charge is -2.06. The minimum atomic E-state index is 0.524. The van der Waals surface area contributed by atoms with Crippen molar-refractivity contribution in [2.45, 2.75) is 13.5 Å². The van der Waals surface area contributed by atoms with E-state index in [4.69, 9.17) is 11.6 Å². The van der Waals surface area contributed by atoms with Crippen LogP contribution in [0.4, 0.5) is 0 Å². The highest BCUT2D eigenvalue weighted by molar-refractivity contribution is 6.18. The van der Waals surface area contributed by atoms with Gasteiger partial charge in [-0.05, 0) is 5.92 Å². The normalized spacial score (nSPS) is 13.4. The molecule has 0 fully saturated rings. The molecule has 0 aliphatic carbocycles. The van der Waals surface area contributed by atoms with Crippen LogP contribution in [0.25, 0.3) is 0 Å². The third-order valence-electron chi connectivity index (χ3n) is 1.35. The van der Waals surface area contributed by atoms with Gasteiger partial charge in [0.1, 0.15) is 0 Å². The van der Waals surface area contributed by atoms with Gasteiger partial charge >= 0.3 is 0 Å². The number of hydrogen-bond acceptors (Lipinski definition) is 1. The minimum Gasteiger partial charge on any atom is -0.337 e. The van der Waals surface area contributed by atoms with Gasteiger partial charge in [-0.15, -0.1) is 11.6 Å². The molecule has 0 aliphatic heterocycles. The Morgan fingerprint density at radius 3 is 3.00 bits per heavy atom. The first-order chi connectivity index (χ1) is 4.83. The van der Waals surface area contributed by atoms with Crippen molar-refractivity contribution in [1.29, 1.82) is 0 Å². The molecule has 0 spiro atoms. The summed E-state index contributed by atoms with van der Waals surface area (Å²) >= 11 is 5.64. The highest BCUT2D eigenvalue weighted by Gasteiger charge is 1.98.